The van der Waals surface area contributed by atoms with Crippen LogP contribution in [0.1, 0.15) is 31.5 Å². The minimum atomic E-state index is -3.21. The summed E-state index contributed by atoms with van der Waals surface area (Å²) in [4.78, 5) is 4.08. The van der Waals surface area contributed by atoms with Gasteiger partial charge in [0, 0.05) is 13.0 Å². The number of sulfonamides is 1. The average molecular weight is 233 g/mol. The van der Waals surface area contributed by atoms with Gasteiger partial charge in [-0.3, -0.25) is 0 Å². The Hall–Kier alpha value is -0.950. The Morgan fingerprint density at radius 1 is 1.47 bits per heavy atom. The van der Waals surface area contributed by atoms with E-state index in [1.165, 1.54) is 7.05 Å². The first-order valence-electron chi connectivity index (χ1n) is 4.54. The topological polar surface area (TPSA) is 76.3 Å². The molecule has 0 bridgehead atoms. The molecule has 7 heteroatoms. The fraction of sp³-hybridized carbons (Fsp3) is 0.750. The fourth-order valence-electron chi connectivity index (χ4n) is 0.875. The molecule has 86 valence electrons. The van der Waals surface area contributed by atoms with Crippen LogP contribution in [0.2, 0.25) is 0 Å². The molecule has 0 aliphatic heterocycles. The second-order valence-corrected chi connectivity index (χ2v) is 5.81. The molecular weight excluding hydrogens is 218 g/mol. The van der Waals surface area contributed by atoms with E-state index in [0.29, 0.717) is 11.7 Å². The lowest BCUT2D eigenvalue weighted by Gasteiger charge is -2.09. The van der Waals surface area contributed by atoms with E-state index in [1.54, 1.807) is 0 Å². The average Bonchev–Trinajstić information content (AvgIpc) is 2.50. The van der Waals surface area contributed by atoms with Crippen LogP contribution in [-0.4, -0.2) is 36.2 Å². The zero-order valence-electron chi connectivity index (χ0n) is 9.26. The van der Waals surface area contributed by atoms with E-state index < -0.39 is 10.0 Å². The summed E-state index contributed by atoms with van der Waals surface area (Å²) >= 11 is 0. The first kappa shape index (κ1) is 12.1. The highest BCUT2D eigenvalue weighted by Gasteiger charge is 2.16. The smallest absolute Gasteiger partial charge is 0.241 e. The summed E-state index contributed by atoms with van der Waals surface area (Å²) < 4.78 is 28.3. The van der Waals surface area contributed by atoms with E-state index in [-0.39, 0.29) is 12.5 Å². The normalized spacial score (nSPS) is 12.7. The van der Waals surface area contributed by atoms with Crippen LogP contribution in [0.3, 0.4) is 0 Å². The van der Waals surface area contributed by atoms with Crippen LogP contribution in [0, 0.1) is 0 Å². The van der Waals surface area contributed by atoms with Crippen LogP contribution in [0.15, 0.2) is 4.52 Å². The van der Waals surface area contributed by atoms with Gasteiger partial charge >= 0.3 is 0 Å². The molecule has 0 fully saturated rings. The molecule has 0 aliphatic carbocycles. The van der Waals surface area contributed by atoms with Crippen LogP contribution in [0.25, 0.3) is 0 Å². The molecule has 0 amide bonds. The van der Waals surface area contributed by atoms with Gasteiger partial charge in [-0.2, -0.15) is 9.29 Å². The maximum Gasteiger partial charge on any atom is 0.241 e. The van der Waals surface area contributed by atoms with Crippen molar-refractivity contribution in [2.24, 2.45) is 0 Å². The third kappa shape index (κ3) is 3.28. The molecule has 1 aromatic rings. The monoisotopic (exact) mass is 233 g/mol. The third-order valence-corrected chi connectivity index (χ3v) is 3.19. The third-order valence-electron chi connectivity index (χ3n) is 1.92. The lowest BCUT2D eigenvalue weighted by atomic mass is 10.2. The van der Waals surface area contributed by atoms with E-state index in [4.69, 9.17) is 4.52 Å². The highest BCUT2D eigenvalue weighted by atomic mass is 32.2. The molecule has 0 radical (unpaired) electrons. The van der Waals surface area contributed by atoms with Gasteiger partial charge in [0.05, 0.1) is 12.8 Å². The van der Waals surface area contributed by atoms with E-state index in [2.05, 4.69) is 10.1 Å². The Bertz CT molecular complexity index is 424. The van der Waals surface area contributed by atoms with Crippen molar-refractivity contribution >= 4 is 10.0 Å². The maximum atomic E-state index is 11.1. The number of rotatable bonds is 4. The van der Waals surface area contributed by atoms with E-state index in [1.807, 2.05) is 13.8 Å². The molecule has 1 heterocycles. The molecule has 0 spiro atoms. The van der Waals surface area contributed by atoms with Crippen LogP contribution >= 0.6 is 0 Å². The number of hydrogen-bond acceptors (Lipinski definition) is 5. The summed E-state index contributed by atoms with van der Waals surface area (Å²) in [6.07, 6.45) is 1.13. The molecule has 0 aliphatic rings. The van der Waals surface area contributed by atoms with Gasteiger partial charge in [0.1, 0.15) is 0 Å². The van der Waals surface area contributed by atoms with Crippen LogP contribution in [0.4, 0.5) is 0 Å². The molecule has 6 nitrogen and oxygen atoms in total. The summed E-state index contributed by atoms with van der Waals surface area (Å²) in [6, 6.07) is 0. The minimum Gasteiger partial charge on any atom is -0.338 e. The predicted octanol–water partition coefficient (Wildman–Crippen LogP) is 0.584. The van der Waals surface area contributed by atoms with Gasteiger partial charge in [0.15, 0.2) is 5.82 Å². The van der Waals surface area contributed by atoms with Gasteiger partial charge in [-0.15, -0.1) is 0 Å². The SMILES string of the molecule is CC(C)c1noc(CN(C)S(C)(=O)=O)n1. The fourth-order valence-corrected chi connectivity index (χ4v) is 1.22. The molecular formula is C8H15N3O3S. The van der Waals surface area contributed by atoms with Crippen molar-refractivity contribution in [1.82, 2.24) is 14.4 Å². The van der Waals surface area contributed by atoms with Gasteiger partial charge < -0.3 is 4.52 Å². The lowest BCUT2D eigenvalue weighted by molar-refractivity contribution is 0.334. The van der Waals surface area contributed by atoms with E-state index >= 15 is 0 Å². The molecule has 1 rings (SSSR count). The van der Waals surface area contributed by atoms with Crippen LogP contribution in [0.5, 0.6) is 0 Å². The molecule has 0 aromatic carbocycles. The van der Waals surface area contributed by atoms with Crippen LogP contribution < -0.4 is 0 Å². The van der Waals surface area contributed by atoms with E-state index in [9.17, 15) is 8.42 Å². The summed E-state index contributed by atoms with van der Waals surface area (Å²) in [5, 5.41) is 3.74. The Balaban J connectivity index is 2.74. The van der Waals surface area contributed by atoms with Crippen molar-refractivity contribution in [2.45, 2.75) is 26.3 Å². The first-order chi connectivity index (χ1) is 6.80. The highest BCUT2D eigenvalue weighted by Crippen LogP contribution is 2.11. The number of aromatic nitrogens is 2. The molecule has 0 atom stereocenters. The van der Waals surface area contributed by atoms with E-state index in [0.717, 1.165) is 10.6 Å². The molecule has 0 saturated carbocycles. The van der Waals surface area contributed by atoms with Crippen molar-refractivity contribution in [1.29, 1.82) is 0 Å². The minimum absolute atomic E-state index is 0.110. The van der Waals surface area contributed by atoms with Crippen molar-refractivity contribution < 1.29 is 12.9 Å². The van der Waals surface area contributed by atoms with Crippen molar-refractivity contribution in [2.75, 3.05) is 13.3 Å². The Kier molecular flexibility index (Phi) is 3.46. The number of nitrogens with zero attached hydrogens (tertiary/aromatic N) is 3. The van der Waals surface area contributed by atoms with Gasteiger partial charge in [-0.05, 0) is 0 Å². The van der Waals surface area contributed by atoms with Crippen molar-refractivity contribution in [3.63, 3.8) is 0 Å². The molecule has 1 aromatic heterocycles. The summed E-state index contributed by atoms with van der Waals surface area (Å²) in [5.41, 5.74) is 0. The second kappa shape index (κ2) is 4.28. The summed E-state index contributed by atoms with van der Waals surface area (Å²) in [6.45, 7) is 3.99. The summed E-state index contributed by atoms with van der Waals surface area (Å²) in [7, 11) is -1.74. The highest BCUT2D eigenvalue weighted by molar-refractivity contribution is 7.88. The zero-order valence-corrected chi connectivity index (χ0v) is 10.1. The Morgan fingerprint density at radius 2 is 2.07 bits per heavy atom. The molecule has 0 N–H and O–H groups in total. The molecule has 15 heavy (non-hydrogen) atoms. The van der Waals surface area contributed by atoms with Crippen LogP contribution in [-0.2, 0) is 16.6 Å². The second-order valence-electron chi connectivity index (χ2n) is 3.72. The molecule has 0 unspecified atom stereocenters. The zero-order chi connectivity index (χ0) is 11.6. The quantitative estimate of drug-likeness (QED) is 0.760. The van der Waals surface area contributed by atoms with Gasteiger partial charge in [0.2, 0.25) is 15.9 Å². The van der Waals surface area contributed by atoms with Gasteiger partial charge in [0.25, 0.3) is 0 Å². The van der Waals surface area contributed by atoms with Crippen molar-refractivity contribution in [3.8, 4) is 0 Å². The standard InChI is InChI=1S/C8H15N3O3S/c1-6(2)8-9-7(14-10-8)5-11(3)15(4,12)13/h6H,5H2,1-4H3. The largest absolute Gasteiger partial charge is 0.338 e. The molecule has 0 saturated heterocycles. The Labute approximate surface area is 89.3 Å². The summed E-state index contributed by atoms with van der Waals surface area (Å²) in [5.74, 6) is 1.07. The van der Waals surface area contributed by atoms with Crippen molar-refractivity contribution in [3.05, 3.63) is 11.7 Å². The Morgan fingerprint density at radius 3 is 2.47 bits per heavy atom. The first-order valence-corrected chi connectivity index (χ1v) is 6.39. The predicted molar refractivity (Wildman–Crippen MR) is 54.7 cm³/mol. The number of hydrogen-bond donors (Lipinski definition) is 0. The lowest BCUT2D eigenvalue weighted by Crippen LogP contribution is -2.25. The van der Waals surface area contributed by atoms with Gasteiger partial charge in [-0.1, -0.05) is 19.0 Å². The maximum absolute atomic E-state index is 11.1. The van der Waals surface area contributed by atoms with Gasteiger partial charge in [-0.25, -0.2) is 8.42 Å².